The average molecular weight is 297 g/mol. The van der Waals surface area contributed by atoms with Crippen molar-refractivity contribution in [3.05, 3.63) is 18.3 Å². The van der Waals surface area contributed by atoms with Gasteiger partial charge in [0.2, 0.25) is 10.0 Å². The van der Waals surface area contributed by atoms with Gasteiger partial charge in [-0.25, -0.2) is 13.4 Å². The summed E-state index contributed by atoms with van der Waals surface area (Å²) < 4.78 is 26.2. The summed E-state index contributed by atoms with van der Waals surface area (Å²) >= 11 is 1.29. The van der Waals surface area contributed by atoms with Crippen molar-refractivity contribution < 1.29 is 8.42 Å². The third-order valence-electron chi connectivity index (χ3n) is 2.95. The molecule has 0 atom stereocenters. The highest BCUT2D eigenvalue weighted by Gasteiger charge is 2.25. The molecule has 2 heterocycles. The minimum atomic E-state index is -3.40. The first-order valence-corrected chi connectivity index (χ1v) is 8.53. The summed E-state index contributed by atoms with van der Waals surface area (Å²) in [5.74, 6) is 0.311. The number of sulfonamides is 1. The molecule has 7 heteroatoms. The maximum atomic E-state index is 12.3. The Labute approximate surface area is 117 Å². The number of hydrogen-bond acceptors (Lipinski definition) is 5. The van der Waals surface area contributed by atoms with Crippen LogP contribution >= 0.6 is 11.8 Å². The Morgan fingerprint density at radius 2 is 2.05 bits per heavy atom. The Kier molecular flexibility index (Phi) is 4.80. The monoisotopic (exact) mass is 297 g/mol. The molecule has 1 aromatic rings. The molecular weight excluding hydrogens is 282 g/mol. The van der Waals surface area contributed by atoms with Crippen molar-refractivity contribution in [1.82, 2.24) is 9.29 Å². The lowest BCUT2D eigenvalue weighted by Gasteiger charge is -2.25. The average Bonchev–Trinajstić information content (AvgIpc) is 2.46. The maximum Gasteiger partial charge on any atom is 0.244 e. The molecule has 0 unspecified atom stereocenters. The molecule has 1 saturated heterocycles. The van der Waals surface area contributed by atoms with E-state index in [1.54, 1.807) is 12.1 Å². The quantitative estimate of drug-likeness (QED) is 0.793. The van der Waals surface area contributed by atoms with Gasteiger partial charge >= 0.3 is 0 Å². The van der Waals surface area contributed by atoms with Gasteiger partial charge in [0.05, 0.1) is 16.8 Å². The van der Waals surface area contributed by atoms with E-state index in [1.165, 1.54) is 22.3 Å². The van der Waals surface area contributed by atoms with Crippen molar-refractivity contribution in [2.75, 3.05) is 18.8 Å². The Balaban J connectivity index is 2.14. The van der Waals surface area contributed by atoms with Crippen LogP contribution in [0, 0.1) is 11.3 Å². The highest BCUT2D eigenvalue weighted by Crippen LogP contribution is 2.22. The molecule has 0 amide bonds. The second-order valence-electron chi connectivity index (χ2n) is 4.24. The fraction of sp³-hybridized carbons (Fsp3) is 0.500. The van der Waals surface area contributed by atoms with Crippen molar-refractivity contribution in [2.45, 2.75) is 29.2 Å². The van der Waals surface area contributed by atoms with E-state index >= 15 is 0 Å². The van der Waals surface area contributed by atoms with Gasteiger partial charge in [0.15, 0.2) is 0 Å². The Hall–Kier alpha value is -1.10. The van der Waals surface area contributed by atoms with Gasteiger partial charge in [-0.15, -0.1) is 0 Å². The molecule has 1 aliphatic heterocycles. The first kappa shape index (κ1) is 14.3. The van der Waals surface area contributed by atoms with Crippen LogP contribution in [0.5, 0.6) is 0 Å². The van der Waals surface area contributed by atoms with Gasteiger partial charge in [-0.3, -0.25) is 0 Å². The van der Waals surface area contributed by atoms with E-state index < -0.39 is 10.0 Å². The van der Waals surface area contributed by atoms with Crippen LogP contribution in [0.1, 0.15) is 19.3 Å². The Morgan fingerprint density at radius 1 is 1.32 bits per heavy atom. The zero-order valence-electron chi connectivity index (χ0n) is 10.4. The predicted octanol–water partition coefficient (Wildman–Crippen LogP) is 1.87. The van der Waals surface area contributed by atoms with E-state index in [0.29, 0.717) is 23.9 Å². The van der Waals surface area contributed by atoms with Crippen LogP contribution in [0.4, 0.5) is 0 Å². The number of nitrogens with zero attached hydrogens (tertiary/aromatic N) is 3. The number of thioether (sulfide) groups is 1. The molecule has 1 aliphatic rings. The molecule has 0 aromatic carbocycles. The first-order valence-electron chi connectivity index (χ1n) is 6.10. The topological polar surface area (TPSA) is 74.1 Å². The molecule has 1 aromatic heterocycles. The van der Waals surface area contributed by atoms with Crippen LogP contribution in [0.3, 0.4) is 0 Å². The minimum Gasteiger partial charge on any atom is -0.249 e. The van der Waals surface area contributed by atoms with Crippen LogP contribution in [0.15, 0.2) is 28.3 Å². The Bertz CT molecular complexity index is 558. The normalized spacial score (nSPS) is 17.0. The van der Waals surface area contributed by atoms with E-state index in [9.17, 15) is 8.42 Å². The third kappa shape index (κ3) is 3.47. The summed E-state index contributed by atoms with van der Waals surface area (Å²) in [6.45, 7) is 1.18. The molecule has 0 radical (unpaired) electrons. The summed E-state index contributed by atoms with van der Waals surface area (Å²) in [6, 6.07) is 5.23. The second kappa shape index (κ2) is 6.37. The van der Waals surface area contributed by atoms with Gasteiger partial charge in [0, 0.05) is 19.3 Å². The molecule has 0 aliphatic carbocycles. The van der Waals surface area contributed by atoms with Crippen molar-refractivity contribution in [3.8, 4) is 6.07 Å². The lowest BCUT2D eigenvalue weighted by molar-refractivity contribution is 0.346. The zero-order valence-corrected chi connectivity index (χ0v) is 12.1. The third-order valence-corrected chi connectivity index (χ3v) is 5.64. The molecule has 0 spiro atoms. The second-order valence-corrected chi connectivity index (χ2v) is 7.18. The molecule has 0 N–H and O–H groups in total. The SMILES string of the molecule is N#CCSc1ccc(S(=O)(=O)N2CCCCC2)cn1. The number of piperidine rings is 1. The number of pyridine rings is 1. The van der Waals surface area contributed by atoms with Crippen molar-refractivity contribution in [2.24, 2.45) is 0 Å². The summed E-state index contributed by atoms with van der Waals surface area (Å²) in [5, 5.41) is 9.15. The molecule has 0 bridgehead atoms. The van der Waals surface area contributed by atoms with Gasteiger partial charge in [0.25, 0.3) is 0 Å². The molecule has 2 rings (SSSR count). The lowest BCUT2D eigenvalue weighted by atomic mass is 10.2. The fourth-order valence-corrected chi connectivity index (χ4v) is 3.93. The highest BCUT2D eigenvalue weighted by molar-refractivity contribution is 7.99. The highest BCUT2D eigenvalue weighted by atomic mass is 32.2. The number of aromatic nitrogens is 1. The smallest absolute Gasteiger partial charge is 0.244 e. The predicted molar refractivity (Wildman–Crippen MR) is 73.2 cm³/mol. The zero-order chi connectivity index (χ0) is 13.7. The van der Waals surface area contributed by atoms with E-state index in [2.05, 4.69) is 4.98 Å². The molecular formula is C12H15N3O2S2. The Morgan fingerprint density at radius 3 is 2.63 bits per heavy atom. The number of rotatable bonds is 4. The summed E-state index contributed by atoms with van der Waals surface area (Å²) in [7, 11) is -3.40. The largest absolute Gasteiger partial charge is 0.249 e. The van der Waals surface area contributed by atoms with Gasteiger partial charge < -0.3 is 0 Å². The molecule has 102 valence electrons. The minimum absolute atomic E-state index is 0.232. The van der Waals surface area contributed by atoms with E-state index in [-0.39, 0.29) is 4.90 Å². The molecule has 0 saturated carbocycles. The van der Waals surface area contributed by atoms with Crippen LogP contribution in [-0.2, 0) is 10.0 Å². The first-order chi connectivity index (χ1) is 9.14. The summed E-state index contributed by atoms with van der Waals surface area (Å²) in [5.41, 5.74) is 0. The lowest BCUT2D eigenvalue weighted by Crippen LogP contribution is -2.35. The van der Waals surface area contributed by atoms with Gasteiger partial charge in [-0.1, -0.05) is 18.2 Å². The standard InChI is InChI=1S/C12H15N3O2S2/c13-6-9-18-12-5-4-11(10-14-12)19(16,17)15-7-2-1-3-8-15/h4-5,10H,1-3,7-9H2. The van der Waals surface area contributed by atoms with E-state index in [1.807, 2.05) is 6.07 Å². The molecule has 5 nitrogen and oxygen atoms in total. The van der Waals surface area contributed by atoms with Crippen LogP contribution in [0.25, 0.3) is 0 Å². The van der Waals surface area contributed by atoms with Gasteiger partial charge in [0.1, 0.15) is 4.90 Å². The number of nitriles is 1. The molecule has 19 heavy (non-hydrogen) atoms. The molecule has 1 fully saturated rings. The number of hydrogen-bond donors (Lipinski definition) is 0. The van der Waals surface area contributed by atoms with Crippen LogP contribution < -0.4 is 0 Å². The fourth-order valence-electron chi connectivity index (χ4n) is 1.97. The van der Waals surface area contributed by atoms with Crippen molar-refractivity contribution in [3.63, 3.8) is 0 Å². The van der Waals surface area contributed by atoms with Gasteiger partial charge in [-0.2, -0.15) is 9.57 Å². The van der Waals surface area contributed by atoms with E-state index in [0.717, 1.165) is 19.3 Å². The summed E-state index contributed by atoms with van der Waals surface area (Å²) in [6.07, 6.45) is 4.31. The van der Waals surface area contributed by atoms with E-state index in [4.69, 9.17) is 5.26 Å². The van der Waals surface area contributed by atoms with Crippen LogP contribution in [0.2, 0.25) is 0 Å². The summed E-state index contributed by atoms with van der Waals surface area (Å²) in [4.78, 5) is 4.32. The van der Waals surface area contributed by atoms with Crippen molar-refractivity contribution in [1.29, 1.82) is 5.26 Å². The van der Waals surface area contributed by atoms with Gasteiger partial charge in [-0.05, 0) is 25.0 Å². The maximum absolute atomic E-state index is 12.3. The van der Waals surface area contributed by atoms with Crippen molar-refractivity contribution >= 4 is 21.8 Å². The van der Waals surface area contributed by atoms with Crippen LogP contribution in [-0.4, -0.2) is 36.5 Å².